The topological polar surface area (TPSA) is 28.2 Å². The summed E-state index contributed by atoms with van der Waals surface area (Å²) in [6.45, 7) is 3.24. The van der Waals surface area contributed by atoms with Gasteiger partial charge in [-0.05, 0) is 23.0 Å². The van der Waals surface area contributed by atoms with Crippen LogP contribution in [0.5, 0.6) is 0 Å². The number of halogens is 1. The van der Waals surface area contributed by atoms with Crippen LogP contribution in [-0.2, 0) is 0 Å². The summed E-state index contributed by atoms with van der Waals surface area (Å²) >= 11 is 5.14. The molecule has 2 heterocycles. The van der Waals surface area contributed by atoms with Crippen LogP contribution in [0.1, 0.15) is 11.0 Å². The van der Waals surface area contributed by atoms with E-state index in [1.807, 2.05) is 6.20 Å². The van der Waals surface area contributed by atoms with Crippen LogP contribution in [0.2, 0.25) is 0 Å². The zero-order valence-corrected chi connectivity index (χ0v) is 9.86. The molecule has 0 aliphatic carbocycles. The first kappa shape index (κ1) is 9.58. The summed E-state index contributed by atoms with van der Waals surface area (Å²) in [5, 5.41) is 4.64. The zero-order valence-electron chi connectivity index (χ0n) is 7.46. The van der Waals surface area contributed by atoms with Gasteiger partial charge in [0.2, 0.25) is 0 Å². The van der Waals surface area contributed by atoms with Crippen molar-refractivity contribution in [2.75, 3.05) is 26.7 Å². The predicted molar refractivity (Wildman–Crippen MR) is 58.1 cm³/mol. The van der Waals surface area contributed by atoms with Gasteiger partial charge < -0.3 is 10.2 Å². The minimum atomic E-state index is 0.412. The molecule has 1 atom stereocenters. The molecule has 1 unspecified atom stereocenters. The van der Waals surface area contributed by atoms with Crippen molar-refractivity contribution in [2.45, 2.75) is 6.04 Å². The van der Waals surface area contributed by atoms with Crippen molar-refractivity contribution >= 4 is 27.3 Å². The molecule has 0 aromatic carbocycles. The molecule has 13 heavy (non-hydrogen) atoms. The van der Waals surface area contributed by atoms with Crippen molar-refractivity contribution in [2.24, 2.45) is 0 Å². The largest absolute Gasteiger partial charge is 0.306 e. The molecule has 1 aliphatic rings. The Morgan fingerprint density at radius 2 is 2.62 bits per heavy atom. The number of hydrogen-bond donors (Lipinski definition) is 1. The van der Waals surface area contributed by atoms with Crippen LogP contribution in [-0.4, -0.2) is 36.6 Å². The maximum absolute atomic E-state index is 4.36. The molecule has 1 aromatic rings. The summed E-state index contributed by atoms with van der Waals surface area (Å²) in [6, 6.07) is 0.412. The summed E-state index contributed by atoms with van der Waals surface area (Å²) in [5.74, 6) is 0. The van der Waals surface area contributed by atoms with Gasteiger partial charge in [0.25, 0.3) is 0 Å². The molecule has 0 bridgehead atoms. The van der Waals surface area contributed by atoms with E-state index in [1.54, 1.807) is 11.3 Å². The molecule has 3 nitrogen and oxygen atoms in total. The molecule has 0 amide bonds. The van der Waals surface area contributed by atoms with Crippen LogP contribution in [0.4, 0.5) is 0 Å². The van der Waals surface area contributed by atoms with E-state index < -0.39 is 0 Å². The van der Waals surface area contributed by atoms with Crippen molar-refractivity contribution in [3.8, 4) is 0 Å². The van der Waals surface area contributed by atoms with Crippen molar-refractivity contribution < 1.29 is 0 Å². The van der Waals surface area contributed by atoms with E-state index in [1.165, 1.54) is 5.01 Å². The van der Waals surface area contributed by atoms with Gasteiger partial charge in [0.1, 0.15) is 5.01 Å². The van der Waals surface area contributed by atoms with E-state index in [9.17, 15) is 0 Å². The van der Waals surface area contributed by atoms with Crippen LogP contribution in [0, 0.1) is 0 Å². The van der Waals surface area contributed by atoms with E-state index in [4.69, 9.17) is 0 Å². The second kappa shape index (κ2) is 4.04. The van der Waals surface area contributed by atoms with Gasteiger partial charge in [-0.3, -0.25) is 0 Å². The number of hydrogen-bond acceptors (Lipinski definition) is 4. The van der Waals surface area contributed by atoms with Crippen LogP contribution in [0.25, 0.3) is 0 Å². The lowest BCUT2D eigenvalue weighted by atomic mass is 10.2. The van der Waals surface area contributed by atoms with Gasteiger partial charge in [0.05, 0.1) is 16.0 Å². The van der Waals surface area contributed by atoms with Crippen LogP contribution < -0.4 is 5.32 Å². The van der Waals surface area contributed by atoms with Gasteiger partial charge in [-0.1, -0.05) is 0 Å². The lowest BCUT2D eigenvalue weighted by Crippen LogP contribution is -2.43. The second-order valence-corrected chi connectivity index (χ2v) is 5.71. The van der Waals surface area contributed by atoms with Gasteiger partial charge >= 0.3 is 0 Å². The molecule has 0 spiro atoms. The molecule has 2 rings (SSSR count). The Balaban J connectivity index is 2.08. The zero-order chi connectivity index (χ0) is 9.26. The summed E-state index contributed by atoms with van der Waals surface area (Å²) in [7, 11) is 2.15. The van der Waals surface area contributed by atoms with Gasteiger partial charge in [0.15, 0.2) is 0 Å². The molecular formula is C8H12BrN3S. The monoisotopic (exact) mass is 261 g/mol. The Hall–Kier alpha value is 0.0300. The van der Waals surface area contributed by atoms with Crippen molar-refractivity contribution in [3.63, 3.8) is 0 Å². The highest BCUT2D eigenvalue weighted by Crippen LogP contribution is 2.25. The van der Waals surface area contributed by atoms with E-state index in [-0.39, 0.29) is 0 Å². The normalized spacial score (nSPS) is 24.9. The summed E-state index contributed by atoms with van der Waals surface area (Å²) < 4.78 is 1.11. The molecule has 1 aliphatic heterocycles. The highest BCUT2D eigenvalue weighted by atomic mass is 79.9. The van der Waals surface area contributed by atoms with Crippen molar-refractivity contribution in [3.05, 3.63) is 15.0 Å². The Morgan fingerprint density at radius 1 is 1.77 bits per heavy atom. The maximum atomic E-state index is 4.36. The Morgan fingerprint density at radius 3 is 3.23 bits per heavy atom. The van der Waals surface area contributed by atoms with Crippen molar-refractivity contribution in [1.29, 1.82) is 0 Å². The highest BCUT2D eigenvalue weighted by Gasteiger charge is 2.20. The van der Waals surface area contributed by atoms with Crippen LogP contribution in [0.3, 0.4) is 0 Å². The molecule has 1 aromatic heterocycles. The first-order valence-corrected chi connectivity index (χ1v) is 5.90. The third-order valence-corrected chi connectivity index (χ3v) is 3.76. The smallest absolute Gasteiger partial charge is 0.112 e. The Labute approximate surface area is 90.3 Å². The summed E-state index contributed by atoms with van der Waals surface area (Å²) in [4.78, 5) is 6.69. The fourth-order valence-corrected chi connectivity index (χ4v) is 2.80. The molecule has 0 saturated carbocycles. The minimum absolute atomic E-state index is 0.412. The lowest BCUT2D eigenvalue weighted by Gasteiger charge is -2.29. The van der Waals surface area contributed by atoms with Crippen molar-refractivity contribution in [1.82, 2.24) is 15.2 Å². The molecular weight excluding hydrogens is 250 g/mol. The minimum Gasteiger partial charge on any atom is -0.306 e. The Bertz CT molecular complexity index is 289. The van der Waals surface area contributed by atoms with Gasteiger partial charge in [-0.2, -0.15) is 0 Å². The highest BCUT2D eigenvalue weighted by molar-refractivity contribution is 9.11. The Kier molecular flexibility index (Phi) is 2.98. The van der Waals surface area contributed by atoms with Crippen LogP contribution in [0.15, 0.2) is 9.98 Å². The average molecular weight is 262 g/mol. The SMILES string of the molecule is CN1CCNC(c2ncc(Br)s2)C1. The van der Waals surface area contributed by atoms with E-state index in [0.29, 0.717) is 6.04 Å². The molecule has 5 heteroatoms. The van der Waals surface area contributed by atoms with Gasteiger partial charge in [-0.25, -0.2) is 4.98 Å². The van der Waals surface area contributed by atoms with Crippen LogP contribution >= 0.6 is 27.3 Å². The number of nitrogens with zero attached hydrogens (tertiary/aromatic N) is 2. The van der Waals surface area contributed by atoms with E-state index >= 15 is 0 Å². The number of piperazine rings is 1. The molecule has 1 fully saturated rings. The molecule has 1 N–H and O–H groups in total. The number of aromatic nitrogens is 1. The third kappa shape index (κ3) is 2.28. The third-order valence-electron chi connectivity index (χ3n) is 2.17. The number of likely N-dealkylation sites (N-methyl/N-ethyl adjacent to an activating group) is 1. The van der Waals surface area contributed by atoms with E-state index in [2.05, 4.69) is 38.2 Å². The number of thiazole rings is 1. The first-order chi connectivity index (χ1) is 6.25. The molecule has 72 valence electrons. The number of rotatable bonds is 1. The fourth-order valence-electron chi connectivity index (χ4n) is 1.49. The summed E-state index contributed by atoms with van der Waals surface area (Å²) in [6.07, 6.45) is 1.87. The average Bonchev–Trinajstić information content (AvgIpc) is 2.52. The second-order valence-electron chi connectivity index (χ2n) is 3.27. The van der Waals surface area contributed by atoms with Gasteiger partial charge in [0, 0.05) is 19.6 Å². The molecule has 0 radical (unpaired) electrons. The lowest BCUT2D eigenvalue weighted by molar-refractivity contribution is 0.240. The maximum Gasteiger partial charge on any atom is 0.112 e. The summed E-state index contributed by atoms with van der Waals surface area (Å²) in [5.41, 5.74) is 0. The number of nitrogens with one attached hydrogen (secondary N) is 1. The predicted octanol–water partition coefficient (Wildman–Crippen LogP) is 1.48. The van der Waals surface area contributed by atoms with E-state index in [0.717, 1.165) is 23.4 Å². The fraction of sp³-hybridized carbons (Fsp3) is 0.625. The quantitative estimate of drug-likeness (QED) is 0.831. The standard InChI is InChI=1S/C8H12BrN3S/c1-12-3-2-10-6(5-12)8-11-4-7(9)13-8/h4,6,10H,2-3,5H2,1H3. The first-order valence-electron chi connectivity index (χ1n) is 4.29. The van der Waals surface area contributed by atoms with Gasteiger partial charge in [-0.15, -0.1) is 11.3 Å². The molecule has 1 saturated heterocycles.